The van der Waals surface area contributed by atoms with E-state index in [1.807, 2.05) is 12.1 Å². The average molecular weight is 376 g/mol. The number of hydrogen-bond donors (Lipinski definition) is 2. The number of carbonyl (C=O) groups is 1. The third-order valence-electron chi connectivity index (χ3n) is 5.59. The van der Waals surface area contributed by atoms with Crippen LogP contribution in [0.15, 0.2) is 24.5 Å². The van der Waals surface area contributed by atoms with Crippen molar-refractivity contribution in [3.63, 3.8) is 0 Å². The first-order valence-corrected chi connectivity index (χ1v) is 10.4. The number of aromatic nitrogens is 1. The maximum atomic E-state index is 12.7. The number of ether oxygens (including phenoxy) is 2. The molecular weight excluding hydrogens is 342 g/mol. The van der Waals surface area contributed by atoms with Gasteiger partial charge in [-0.15, -0.1) is 0 Å². The van der Waals surface area contributed by atoms with Crippen molar-refractivity contribution in [3.8, 4) is 0 Å². The monoisotopic (exact) mass is 375 g/mol. The average Bonchev–Trinajstić information content (AvgIpc) is 2.72. The highest BCUT2D eigenvalue weighted by molar-refractivity contribution is 5.78. The Kier molecular flexibility index (Phi) is 8.05. The molecule has 2 heterocycles. The van der Waals surface area contributed by atoms with Gasteiger partial charge in [-0.1, -0.05) is 6.92 Å². The van der Waals surface area contributed by atoms with Crippen LogP contribution < -0.4 is 10.6 Å². The molecule has 1 aromatic heterocycles. The number of pyridine rings is 1. The fourth-order valence-electron chi connectivity index (χ4n) is 4.01. The molecule has 0 spiro atoms. The third kappa shape index (κ3) is 6.26. The molecule has 3 rings (SSSR count). The lowest BCUT2D eigenvalue weighted by Gasteiger charge is -2.38. The molecular formula is C21H33N3O3. The van der Waals surface area contributed by atoms with E-state index in [1.165, 1.54) is 0 Å². The third-order valence-corrected chi connectivity index (χ3v) is 5.59. The van der Waals surface area contributed by atoms with Crippen molar-refractivity contribution in [2.75, 3.05) is 19.8 Å². The zero-order valence-corrected chi connectivity index (χ0v) is 16.4. The lowest BCUT2D eigenvalue weighted by Crippen LogP contribution is -2.52. The summed E-state index contributed by atoms with van der Waals surface area (Å²) >= 11 is 0. The molecule has 1 amide bonds. The van der Waals surface area contributed by atoms with Crippen molar-refractivity contribution in [1.29, 1.82) is 0 Å². The minimum Gasteiger partial charge on any atom is -0.381 e. The van der Waals surface area contributed by atoms with E-state index in [2.05, 4.69) is 22.5 Å². The highest BCUT2D eigenvalue weighted by atomic mass is 16.5. The summed E-state index contributed by atoms with van der Waals surface area (Å²) in [5.41, 5.74) is 1.08. The number of carbonyl (C=O) groups excluding carboxylic acids is 1. The Labute approximate surface area is 162 Å². The summed E-state index contributed by atoms with van der Waals surface area (Å²) < 4.78 is 11.6. The van der Waals surface area contributed by atoms with Crippen molar-refractivity contribution in [3.05, 3.63) is 30.1 Å². The lowest BCUT2D eigenvalue weighted by molar-refractivity contribution is -0.128. The maximum absolute atomic E-state index is 12.7. The number of rotatable bonds is 8. The van der Waals surface area contributed by atoms with Crippen LogP contribution in [-0.4, -0.2) is 48.9 Å². The van der Waals surface area contributed by atoms with Crippen molar-refractivity contribution < 1.29 is 14.3 Å². The van der Waals surface area contributed by atoms with Gasteiger partial charge < -0.3 is 20.1 Å². The van der Waals surface area contributed by atoms with Gasteiger partial charge in [0, 0.05) is 56.8 Å². The molecule has 1 aromatic rings. The van der Waals surface area contributed by atoms with Gasteiger partial charge in [0.1, 0.15) is 0 Å². The smallest absolute Gasteiger partial charge is 0.223 e. The molecule has 1 saturated carbocycles. The Bertz CT molecular complexity index is 563. The fraction of sp³-hybridized carbons (Fsp3) is 0.714. The zero-order valence-electron chi connectivity index (χ0n) is 16.4. The Hall–Kier alpha value is -1.50. The second-order valence-corrected chi connectivity index (χ2v) is 7.65. The molecule has 0 unspecified atom stereocenters. The van der Waals surface area contributed by atoms with E-state index in [9.17, 15) is 4.79 Å². The molecule has 27 heavy (non-hydrogen) atoms. The van der Waals surface area contributed by atoms with Gasteiger partial charge in [0.2, 0.25) is 5.91 Å². The molecule has 2 fully saturated rings. The minimum atomic E-state index is 0.0291. The summed E-state index contributed by atoms with van der Waals surface area (Å²) in [7, 11) is 0. The van der Waals surface area contributed by atoms with Gasteiger partial charge >= 0.3 is 0 Å². The summed E-state index contributed by atoms with van der Waals surface area (Å²) in [4.78, 5) is 16.7. The fourth-order valence-corrected chi connectivity index (χ4v) is 4.01. The normalized spacial score (nSPS) is 26.6. The van der Waals surface area contributed by atoms with Crippen LogP contribution in [0.25, 0.3) is 0 Å². The van der Waals surface area contributed by atoms with E-state index in [0.29, 0.717) is 18.6 Å². The van der Waals surface area contributed by atoms with Crippen molar-refractivity contribution in [2.45, 2.75) is 70.2 Å². The van der Waals surface area contributed by atoms with E-state index >= 15 is 0 Å². The van der Waals surface area contributed by atoms with Crippen LogP contribution >= 0.6 is 0 Å². The first kappa shape index (κ1) is 20.2. The molecule has 2 N–H and O–H groups in total. The Morgan fingerprint density at radius 1 is 1.22 bits per heavy atom. The Balaban J connectivity index is 1.51. The molecule has 1 aliphatic carbocycles. The van der Waals surface area contributed by atoms with Gasteiger partial charge in [-0.3, -0.25) is 9.78 Å². The molecule has 1 saturated heterocycles. The highest BCUT2D eigenvalue weighted by Crippen LogP contribution is 2.28. The Morgan fingerprint density at radius 3 is 2.74 bits per heavy atom. The quantitative estimate of drug-likeness (QED) is 0.730. The summed E-state index contributed by atoms with van der Waals surface area (Å²) in [6.07, 6.45) is 9.43. The van der Waals surface area contributed by atoms with Crippen molar-refractivity contribution >= 4 is 5.91 Å². The SMILES string of the molecule is CCCO[C@@H]1C[C@@H](C(=O)NCc2ccncc2)CC[C@H]1NC1CCOCC1. The highest BCUT2D eigenvalue weighted by Gasteiger charge is 2.35. The second kappa shape index (κ2) is 10.7. The lowest BCUT2D eigenvalue weighted by atomic mass is 9.82. The summed E-state index contributed by atoms with van der Waals surface area (Å²) in [6.45, 7) is 5.11. The van der Waals surface area contributed by atoms with Gasteiger partial charge in [0.25, 0.3) is 0 Å². The Morgan fingerprint density at radius 2 is 2.00 bits per heavy atom. The van der Waals surface area contributed by atoms with Crippen LogP contribution in [-0.2, 0) is 20.8 Å². The number of nitrogens with zero attached hydrogens (tertiary/aromatic N) is 1. The summed E-state index contributed by atoms with van der Waals surface area (Å²) in [5, 5.41) is 6.87. The first-order valence-electron chi connectivity index (χ1n) is 10.4. The van der Waals surface area contributed by atoms with E-state index in [1.54, 1.807) is 12.4 Å². The summed E-state index contributed by atoms with van der Waals surface area (Å²) in [5.74, 6) is 0.169. The predicted molar refractivity (Wildman–Crippen MR) is 104 cm³/mol. The molecule has 2 aliphatic rings. The van der Waals surface area contributed by atoms with Gasteiger partial charge in [0.15, 0.2) is 0 Å². The van der Waals surface area contributed by atoms with E-state index in [4.69, 9.17) is 9.47 Å². The van der Waals surface area contributed by atoms with Crippen LogP contribution in [0.5, 0.6) is 0 Å². The van der Waals surface area contributed by atoms with Gasteiger partial charge in [-0.05, 0) is 56.2 Å². The predicted octanol–water partition coefficient (Wildman–Crippen LogP) is 2.43. The molecule has 0 bridgehead atoms. The minimum absolute atomic E-state index is 0.0291. The van der Waals surface area contributed by atoms with Crippen LogP contribution in [0.1, 0.15) is 51.0 Å². The molecule has 0 aromatic carbocycles. The largest absolute Gasteiger partial charge is 0.381 e. The maximum Gasteiger partial charge on any atom is 0.223 e. The van der Waals surface area contributed by atoms with Gasteiger partial charge in [0.05, 0.1) is 6.10 Å². The van der Waals surface area contributed by atoms with Crippen LogP contribution in [0, 0.1) is 5.92 Å². The topological polar surface area (TPSA) is 72.5 Å². The molecule has 150 valence electrons. The molecule has 1 aliphatic heterocycles. The standard InChI is InChI=1S/C21H33N3O3/c1-2-11-27-20-14-17(21(25)23-15-16-5-9-22-10-6-16)3-4-19(20)24-18-7-12-26-13-8-18/h5-6,9-10,17-20,24H,2-4,7-8,11-15H2,1H3,(H,23,25)/t17-,19+,20+/m0/s1. The number of hydrogen-bond acceptors (Lipinski definition) is 5. The van der Waals surface area contributed by atoms with E-state index in [-0.39, 0.29) is 17.9 Å². The van der Waals surface area contributed by atoms with Crippen molar-refractivity contribution in [2.24, 2.45) is 5.92 Å². The zero-order chi connectivity index (χ0) is 18.9. The van der Waals surface area contributed by atoms with E-state index in [0.717, 1.165) is 63.9 Å². The number of amides is 1. The second-order valence-electron chi connectivity index (χ2n) is 7.65. The van der Waals surface area contributed by atoms with Crippen molar-refractivity contribution in [1.82, 2.24) is 15.6 Å². The van der Waals surface area contributed by atoms with E-state index < -0.39 is 0 Å². The first-order chi connectivity index (χ1) is 13.3. The molecule has 0 radical (unpaired) electrons. The number of nitrogens with one attached hydrogen (secondary N) is 2. The van der Waals surface area contributed by atoms with Crippen LogP contribution in [0.4, 0.5) is 0 Å². The molecule has 6 nitrogen and oxygen atoms in total. The van der Waals surface area contributed by atoms with Gasteiger partial charge in [-0.25, -0.2) is 0 Å². The molecule has 3 atom stereocenters. The summed E-state index contributed by atoms with van der Waals surface area (Å²) in [6, 6.07) is 4.71. The van der Waals surface area contributed by atoms with Gasteiger partial charge in [-0.2, -0.15) is 0 Å². The van der Waals surface area contributed by atoms with Crippen LogP contribution in [0.2, 0.25) is 0 Å². The van der Waals surface area contributed by atoms with Crippen LogP contribution in [0.3, 0.4) is 0 Å². The molecule has 6 heteroatoms.